The molecular formula is C14H22N2OS. The van der Waals surface area contributed by atoms with Gasteiger partial charge in [-0.3, -0.25) is 11.3 Å². The van der Waals surface area contributed by atoms with Crippen molar-refractivity contribution in [3.05, 3.63) is 29.3 Å². The minimum atomic E-state index is 0.168. The Morgan fingerprint density at radius 1 is 1.39 bits per heavy atom. The first-order valence-electron chi connectivity index (χ1n) is 6.50. The van der Waals surface area contributed by atoms with Crippen molar-refractivity contribution in [1.29, 1.82) is 0 Å². The van der Waals surface area contributed by atoms with Crippen molar-refractivity contribution >= 4 is 11.8 Å². The Morgan fingerprint density at radius 3 is 2.94 bits per heavy atom. The van der Waals surface area contributed by atoms with Crippen LogP contribution in [0.5, 0.6) is 5.75 Å². The second kappa shape index (κ2) is 6.45. The fourth-order valence-corrected chi connectivity index (χ4v) is 3.28. The summed E-state index contributed by atoms with van der Waals surface area (Å²) < 4.78 is 5.73. The molecule has 0 aliphatic carbocycles. The van der Waals surface area contributed by atoms with Crippen LogP contribution in [0.25, 0.3) is 0 Å². The predicted molar refractivity (Wildman–Crippen MR) is 77.9 cm³/mol. The highest BCUT2D eigenvalue weighted by molar-refractivity contribution is 7.99. The molecule has 1 aromatic rings. The third kappa shape index (κ3) is 3.19. The fourth-order valence-electron chi connectivity index (χ4n) is 2.16. The van der Waals surface area contributed by atoms with Crippen LogP contribution in [-0.2, 0) is 6.42 Å². The molecule has 3 nitrogen and oxygen atoms in total. The number of hydrazine groups is 1. The van der Waals surface area contributed by atoms with Gasteiger partial charge in [0.1, 0.15) is 5.75 Å². The molecule has 1 aromatic carbocycles. The number of hydrogen-bond donors (Lipinski definition) is 2. The van der Waals surface area contributed by atoms with Crippen LogP contribution in [0.15, 0.2) is 18.2 Å². The van der Waals surface area contributed by atoms with Crippen LogP contribution in [0.2, 0.25) is 0 Å². The van der Waals surface area contributed by atoms with E-state index in [9.17, 15) is 0 Å². The van der Waals surface area contributed by atoms with E-state index in [0.29, 0.717) is 5.92 Å². The summed E-state index contributed by atoms with van der Waals surface area (Å²) in [6, 6.07) is 6.52. The lowest BCUT2D eigenvalue weighted by Gasteiger charge is -2.19. The molecule has 0 fully saturated rings. The van der Waals surface area contributed by atoms with E-state index in [2.05, 4.69) is 37.5 Å². The van der Waals surface area contributed by atoms with Crippen molar-refractivity contribution in [2.75, 3.05) is 18.1 Å². The Balaban J connectivity index is 2.06. The molecule has 0 radical (unpaired) electrons. The molecule has 0 aromatic heterocycles. The summed E-state index contributed by atoms with van der Waals surface area (Å²) in [5.74, 6) is 9.60. The third-order valence-electron chi connectivity index (χ3n) is 3.06. The monoisotopic (exact) mass is 266 g/mol. The normalized spacial score (nSPS) is 15.6. The molecule has 0 saturated heterocycles. The van der Waals surface area contributed by atoms with Gasteiger partial charge in [0.05, 0.1) is 12.6 Å². The first-order valence-corrected chi connectivity index (χ1v) is 7.66. The van der Waals surface area contributed by atoms with Gasteiger partial charge in [-0.2, -0.15) is 11.8 Å². The summed E-state index contributed by atoms with van der Waals surface area (Å²) in [5, 5.41) is 0. The largest absolute Gasteiger partial charge is 0.493 e. The van der Waals surface area contributed by atoms with Crippen LogP contribution in [0.1, 0.15) is 31.0 Å². The number of para-hydroxylation sites is 1. The van der Waals surface area contributed by atoms with Gasteiger partial charge in [0.15, 0.2) is 0 Å². The molecule has 1 aliphatic heterocycles. The summed E-state index contributed by atoms with van der Waals surface area (Å²) in [6.45, 7) is 5.27. The second-order valence-corrected chi connectivity index (χ2v) is 6.16. The molecule has 18 heavy (non-hydrogen) atoms. The average molecular weight is 266 g/mol. The Bertz CT molecular complexity index is 395. The standard InChI is InChI=1S/C14H22N2OS/c1-10(2)8-18-9-13(16-15)12-5-3-4-11-6-7-17-14(11)12/h3-5,10,13,16H,6-9,15H2,1-2H3. The molecule has 0 bridgehead atoms. The van der Waals surface area contributed by atoms with Gasteiger partial charge in [0, 0.05) is 17.7 Å². The lowest BCUT2D eigenvalue weighted by Crippen LogP contribution is -2.30. The average Bonchev–Trinajstić information content (AvgIpc) is 2.82. The van der Waals surface area contributed by atoms with Crippen LogP contribution >= 0.6 is 11.8 Å². The van der Waals surface area contributed by atoms with Gasteiger partial charge >= 0.3 is 0 Å². The van der Waals surface area contributed by atoms with Crippen molar-refractivity contribution < 1.29 is 4.74 Å². The molecule has 1 unspecified atom stereocenters. The van der Waals surface area contributed by atoms with Crippen molar-refractivity contribution in [2.45, 2.75) is 26.3 Å². The smallest absolute Gasteiger partial charge is 0.127 e. The Morgan fingerprint density at radius 2 is 2.22 bits per heavy atom. The lowest BCUT2D eigenvalue weighted by molar-refractivity contribution is 0.350. The molecule has 1 aliphatic rings. The van der Waals surface area contributed by atoms with Crippen LogP contribution in [0, 0.1) is 5.92 Å². The van der Waals surface area contributed by atoms with Crippen LogP contribution in [0.3, 0.4) is 0 Å². The van der Waals surface area contributed by atoms with E-state index >= 15 is 0 Å². The van der Waals surface area contributed by atoms with E-state index in [1.807, 2.05) is 11.8 Å². The second-order valence-electron chi connectivity index (χ2n) is 5.08. The summed E-state index contributed by atoms with van der Waals surface area (Å²) in [5.41, 5.74) is 5.43. The van der Waals surface area contributed by atoms with Crippen LogP contribution in [-0.4, -0.2) is 18.1 Å². The Hall–Kier alpha value is -0.710. The summed E-state index contributed by atoms with van der Waals surface area (Å²) in [6.07, 6.45) is 1.01. The van der Waals surface area contributed by atoms with Gasteiger partial charge in [-0.25, -0.2) is 0 Å². The maximum absolute atomic E-state index is 5.73. The van der Waals surface area contributed by atoms with Gasteiger partial charge < -0.3 is 4.74 Å². The number of fused-ring (bicyclic) bond motifs is 1. The highest BCUT2D eigenvalue weighted by Gasteiger charge is 2.21. The van der Waals surface area contributed by atoms with E-state index in [1.165, 1.54) is 11.1 Å². The number of rotatable bonds is 6. The zero-order valence-electron chi connectivity index (χ0n) is 11.1. The van der Waals surface area contributed by atoms with E-state index in [1.54, 1.807) is 0 Å². The summed E-state index contributed by atoms with van der Waals surface area (Å²) in [7, 11) is 0. The number of nitrogens with one attached hydrogen (secondary N) is 1. The molecule has 0 amide bonds. The first-order chi connectivity index (χ1) is 8.72. The van der Waals surface area contributed by atoms with Crippen molar-refractivity contribution in [3.8, 4) is 5.75 Å². The maximum atomic E-state index is 5.73. The van der Waals surface area contributed by atoms with Gasteiger partial charge in [-0.1, -0.05) is 32.0 Å². The Labute approximate surface area is 113 Å². The van der Waals surface area contributed by atoms with Crippen molar-refractivity contribution in [2.24, 2.45) is 11.8 Å². The SMILES string of the molecule is CC(C)CSCC(NN)c1cccc2c1OCC2. The van der Waals surface area contributed by atoms with E-state index in [4.69, 9.17) is 10.6 Å². The van der Waals surface area contributed by atoms with E-state index < -0.39 is 0 Å². The van der Waals surface area contributed by atoms with Crippen LogP contribution in [0.4, 0.5) is 0 Å². The van der Waals surface area contributed by atoms with Gasteiger partial charge in [-0.05, 0) is 17.2 Å². The van der Waals surface area contributed by atoms with Gasteiger partial charge in [0.2, 0.25) is 0 Å². The summed E-state index contributed by atoms with van der Waals surface area (Å²) >= 11 is 1.94. The molecular weight excluding hydrogens is 244 g/mol. The lowest BCUT2D eigenvalue weighted by atomic mass is 10.0. The highest BCUT2D eigenvalue weighted by atomic mass is 32.2. The molecule has 0 spiro atoms. The van der Waals surface area contributed by atoms with E-state index in [-0.39, 0.29) is 6.04 Å². The highest BCUT2D eigenvalue weighted by Crippen LogP contribution is 2.34. The molecule has 4 heteroatoms. The minimum Gasteiger partial charge on any atom is -0.493 e. The first kappa shape index (κ1) is 13.7. The predicted octanol–water partition coefficient (Wildman–Crippen LogP) is 2.52. The summed E-state index contributed by atoms with van der Waals surface area (Å²) in [4.78, 5) is 0. The molecule has 0 saturated carbocycles. The van der Waals surface area contributed by atoms with Crippen molar-refractivity contribution in [1.82, 2.24) is 5.43 Å². The molecule has 3 N–H and O–H groups in total. The zero-order valence-corrected chi connectivity index (χ0v) is 11.9. The van der Waals surface area contributed by atoms with Gasteiger partial charge in [-0.15, -0.1) is 0 Å². The zero-order chi connectivity index (χ0) is 13.0. The molecule has 1 atom stereocenters. The number of hydrogen-bond acceptors (Lipinski definition) is 4. The molecule has 2 rings (SSSR count). The van der Waals surface area contributed by atoms with Crippen LogP contribution < -0.4 is 16.0 Å². The van der Waals surface area contributed by atoms with Gasteiger partial charge in [0.25, 0.3) is 0 Å². The number of benzene rings is 1. The van der Waals surface area contributed by atoms with Crippen molar-refractivity contribution in [3.63, 3.8) is 0 Å². The number of ether oxygens (including phenoxy) is 1. The maximum Gasteiger partial charge on any atom is 0.127 e. The quantitative estimate of drug-likeness (QED) is 0.613. The number of thioether (sulfide) groups is 1. The molecule has 100 valence electrons. The molecule has 1 heterocycles. The minimum absolute atomic E-state index is 0.168. The van der Waals surface area contributed by atoms with E-state index in [0.717, 1.165) is 30.3 Å². The topological polar surface area (TPSA) is 47.3 Å². The fraction of sp³-hybridized carbons (Fsp3) is 0.571. The Kier molecular flexibility index (Phi) is 4.92. The third-order valence-corrected chi connectivity index (χ3v) is 4.53. The number of nitrogens with two attached hydrogens (primary N) is 1.